The summed E-state index contributed by atoms with van der Waals surface area (Å²) in [5.41, 5.74) is 5.27. The van der Waals surface area contributed by atoms with Crippen LogP contribution in [-0.2, 0) is 25.4 Å². The molecule has 8 nitrogen and oxygen atoms in total. The lowest BCUT2D eigenvalue weighted by Crippen LogP contribution is -2.43. The number of aliphatic carboxylic acids is 1. The summed E-state index contributed by atoms with van der Waals surface area (Å²) in [5, 5.41) is 17.7. The molecule has 0 spiro atoms. The average Bonchev–Trinajstić information content (AvgIpc) is 2.37. The number of nitriles is 1. The van der Waals surface area contributed by atoms with Gasteiger partial charge in [0, 0.05) is 0 Å². The van der Waals surface area contributed by atoms with Crippen LogP contribution in [0.2, 0.25) is 0 Å². The van der Waals surface area contributed by atoms with Crippen LogP contribution in [0.1, 0.15) is 17.5 Å². The summed E-state index contributed by atoms with van der Waals surface area (Å²) in [4.78, 5) is 21.6. The molecule has 0 fully saturated rings. The molecule has 0 radical (unpaired) electrons. The summed E-state index contributed by atoms with van der Waals surface area (Å²) < 4.78 is 25.7. The molecule has 112 valence electrons. The van der Waals surface area contributed by atoms with E-state index in [1.54, 1.807) is 12.1 Å². The van der Waals surface area contributed by atoms with Crippen molar-refractivity contribution >= 4 is 21.9 Å². The van der Waals surface area contributed by atoms with Crippen LogP contribution < -0.4 is 10.5 Å². The molecule has 1 atom stereocenters. The molecule has 0 unspecified atom stereocenters. The normalized spacial score (nSPS) is 12.3. The molecule has 1 aromatic carbocycles. The minimum absolute atomic E-state index is 0.171. The predicted octanol–water partition coefficient (Wildman–Crippen LogP) is -0.694. The van der Waals surface area contributed by atoms with Crippen molar-refractivity contribution in [3.63, 3.8) is 0 Å². The number of carbonyl (C=O) groups is 2. The number of nitrogens with zero attached hydrogens (tertiary/aromatic N) is 1. The summed E-state index contributed by atoms with van der Waals surface area (Å²) in [5.74, 6) is -3.02. The molecule has 1 amide bonds. The number of amides is 1. The van der Waals surface area contributed by atoms with Crippen LogP contribution in [0, 0.1) is 11.3 Å². The second-order valence-corrected chi connectivity index (χ2v) is 5.96. The average molecular weight is 311 g/mol. The molecule has 0 aliphatic carbocycles. The molecule has 1 rings (SSSR count). The van der Waals surface area contributed by atoms with Gasteiger partial charge in [-0.1, -0.05) is 18.2 Å². The minimum atomic E-state index is -4.05. The van der Waals surface area contributed by atoms with Gasteiger partial charge in [0.1, 0.15) is 6.04 Å². The van der Waals surface area contributed by atoms with Gasteiger partial charge in [0.2, 0.25) is 15.9 Å². The number of primary amides is 1. The molecule has 9 heteroatoms. The van der Waals surface area contributed by atoms with E-state index in [9.17, 15) is 18.0 Å². The fraction of sp³-hybridized carbons (Fsp3) is 0.250. The van der Waals surface area contributed by atoms with Crippen LogP contribution in [0.5, 0.6) is 0 Å². The van der Waals surface area contributed by atoms with Gasteiger partial charge in [-0.25, -0.2) is 13.1 Å². The second-order valence-electron chi connectivity index (χ2n) is 4.21. The minimum Gasteiger partial charge on any atom is -0.480 e. The maximum atomic E-state index is 11.9. The summed E-state index contributed by atoms with van der Waals surface area (Å²) in [6.45, 7) is 0. The van der Waals surface area contributed by atoms with E-state index in [0.717, 1.165) is 0 Å². The number of carbonyl (C=O) groups excluding carboxylic acids is 1. The lowest BCUT2D eigenvalue weighted by molar-refractivity contribution is -0.140. The molecule has 0 saturated heterocycles. The van der Waals surface area contributed by atoms with Gasteiger partial charge in [0.05, 0.1) is 23.8 Å². The van der Waals surface area contributed by atoms with Crippen LogP contribution in [0.4, 0.5) is 0 Å². The Morgan fingerprint density at radius 2 is 2.00 bits per heavy atom. The van der Waals surface area contributed by atoms with Crippen molar-refractivity contribution in [2.45, 2.75) is 18.2 Å². The van der Waals surface area contributed by atoms with Gasteiger partial charge < -0.3 is 10.8 Å². The first kappa shape index (κ1) is 16.6. The third-order valence-electron chi connectivity index (χ3n) is 2.51. The Hall–Kier alpha value is -2.44. The van der Waals surface area contributed by atoms with Gasteiger partial charge in [-0.15, -0.1) is 0 Å². The van der Waals surface area contributed by atoms with Crippen LogP contribution in [0.3, 0.4) is 0 Å². The van der Waals surface area contributed by atoms with E-state index in [4.69, 9.17) is 16.1 Å². The van der Waals surface area contributed by atoms with Crippen molar-refractivity contribution in [2.75, 3.05) is 0 Å². The first-order valence-electron chi connectivity index (χ1n) is 5.74. The Labute approximate surface area is 121 Å². The molecule has 1 aromatic rings. The van der Waals surface area contributed by atoms with Crippen molar-refractivity contribution < 1.29 is 23.1 Å². The fourth-order valence-corrected chi connectivity index (χ4v) is 2.96. The summed E-state index contributed by atoms with van der Waals surface area (Å²) in [7, 11) is -4.05. The number of sulfonamides is 1. The number of hydrogen-bond donors (Lipinski definition) is 3. The Morgan fingerprint density at radius 1 is 1.38 bits per heavy atom. The third-order valence-corrected chi connectivity index (χ3v) is 3.84. The highest BCUT2D eigenvalue weighted by atomic mass is 32.2. The highest BCUT2D eigenvalue weighted by Gasteiger charge is 2.26. The van der Waals surface area contributed by atoms with Crippen molar-refractivity contribution in [1.29, 1.82) is 5.26 Å². The van der Waals surface area contributed by atoms with Gasteiger partial charge in [-0.3, -0.25) is 9.59 Å². The van der Waals surface area contributed by atoms with E-state index in [1.807, 2.05) is 10.8 Å². The quantitative estimate of drug-likeness (QED) is 0.606. The molecule has 0 bridgehead atoms. The molecule has 21 heavy (non-hydrogen) atoms. The molecule has 0 heterocycles. The van der Waals surface area contributed by atoms with E-state index in [1.165, 1.54) is 12.1 Å². The van der Waals surface area contributed by atoms with Crippen LogP contribution in [-0.4, -0.2) is 31.4 Å². The van der Waals surface area contributed by atoms with Crippen LogP contribution >= 0.6 is 0 Å². The fourth-order valence-electron chi connectivity index (χ4n) is 1.60. The molecule has 4 N–H and O–H groups in total. The molecular formula is C12H13N3O5S. The van der Waals surface area contributed by atoms with Gasteiger partial charge >= 0.3 is 5.97 Å². The Kier molecular flexibility index (Phi) is 5.40. The molecule has 0 aromatic heterocycles. The summed E-state index contributed by atoms with van der Waals surface area (Å²) in [6, 6.07) is 6.24. The van der Waals surface area contributed by atoms with Crippen LogP contribution in [0.15, 0.2) is 24.3 Å². The maximum Gasteiger partial charge on any atom is 0.322 e. The monoisotopic (exact) mass is 311 g/mol. The molecule has 0 aliphatic rings. The van der Waals surface area contributed by atoms with E-state index in [-0.39, 0.29) is 11.1 Å². The Morgan fingerprint density at radius 3 is 2.52 bits per heavy atom. The van der Waals surface area contributed by atoms with E-state index in [2.05, 4.69) is 0 Å². The van der Waals surface area contributed by atoms with Gasteiger partial charge in [-0.05, 0) is 11.6 Å². The highest BCUT2D eigenvalue weighted by molar-refractivity contribution is 7.88. The maximum absolute atomic E-state index is 11.9. The lowest BCUT2D eigenvalue weighted by atomic mass is 10.1. The Bertz CT molecular complexity index is 693. The molecule has 0 aliphatic heterocycles. The zero-order chi connectivity index (χ0) is 16.0. The van der Waals surface area contributed by atoms with E-state index in [0.29, 0.717) is 0 Å². The van der Waals surface area contributed by atoms with Gasteiger partial charge in [-0.2, -0.15) is 5.26 Å². The van der Waals surface area contributed by atoms with Crippen molar-refractivity contribution in [2.24, 2.45) is 5.73 Å². The number of carboxylic acid groups (broad SMARTS) is 1. The number of carboxylic acids is 1. The number of benzene rings is 1. The first-order chi connectivity index (χ1) is 9.75. The predicted molar refractivity (Wildman–Crippen MR) is 72.2 cm³/mol. The molecular weight excluding hydrogens is 298 g/mol. The van der Waals surface area contributed by atoms with E-state index < -0.39 is 40.1 Å². The number of rotatable bonds is 7. The number of nitrogens with one attached hydrogen (secondary N) is 1. The van der Waals surface area contributed by atoms with Gasteiger partial charge in [0.25, 0.3) is 0 Å². The van der Waals surface area contributed by atoms with Gasteiger partial charge in [0.15, 0.2) is 0 Å². The van der Waals surface area contributed by atoms with Crippen molar-refractivity contribution in [1.82, 2.24) is 4.72 Å². The topological polar surface area (TPSA) is 150 Å². The first-order valence-corrected chi connectivity index (χ1v) is 7.39. The van der Waals surface area contributed by atoms with Crippen molar-refractivity contribution in [3.05, 3.63) is 35.4 Å². The SMILES string of the molecule is N#Cc1ccccc1CS(=O)(=O)N[C@@H](CC(N)=O)C(=O)O. The summed E-state index contributed by atoms with van der Waals surface area (Å²) in [6.07, 6.45) is -0.658. The smallest absolute Gasteiger partial charge is 0.322 e. The number of hydrogen-bond acceptors (Lipinski definition) is 5. The third kappa shape index (κ3) is 5.21. The van der Waals surface area contributed by atoms with Crippen molar-refractivity contribution in [3.8, 4) is 6.07 Å². The second kappa shape index (κ2) is 6.83. The largest absolute Gasteiger partial charge is 0.480 e. The number of nitrogens with two attached hydrogens (primary N) is 1. The summed E-state index contributed by atoms with van der Waals surface area (Å²) >= 11 is 0. The molecule has 0 saturated carbocycles. The highest BCUT2D eigenvalue weighted by Crippen LogP contribution is 2.11. The zero-order valence-electron chi connectivity index (χ0n) is 10.8. The Balaban J connectivity index is 2.93. The lowest BCUT2D eigenvalue weighted by Gasteiger charge is -2.13. The zero-order valence-corrected chi connectivity index (χ0v) is 11.6. The van der Waals surface area contributed by atoms with Crippen LogP contribution in [0.25, 0.3) is 0 Å². The van der Waals surface area contributed by atoms with E-state index >= 15 is 0 Å². The standard InChI is InChI=1S/C12H13N3O5S/c13-6-8-3-1-2-4-9(8)7-21(19,20)15-10(12(17)18)5-11(14)16/h1-4,10,15H,5,7H2,(H2,14,16)(H,17,18)/t10-/m0/s1.